The van der Waals surface area contributed by atoms with Crippen molar-refractivity contribution in [2.45, 2.75) is 194 Å². The molecule has 4 amide bonds. The van der Waals surface area contributed by atoms with E-state index in [0.717, 1.165) is 128 Å². The summed E-state index contributed by atoms with van der Waals surface area (Å²) < 4.78 is 0. The number of imide groups is 2. The SMILES string of the molecule is [C-]#[N+]c1cc2c3cc([N+]#[C-])c4c5c(c(C#N)cc(c6cc(C#N)c7c(c1C(=O)N(C(CCCCCCC)CCCCCCC)C7=O)c62)c53)C(=O)N(C(CCCCCCC)CCCCCCC)C4=O. The lowest BCUT2D eigenvalue weighted by molar-refractivity contribution is 0.0502. The smallest absolute Gasteiger partial charge is 0.262 e. The molecular weight excluding hydrogens is 845 g/mol. The van der Waals surface area contributed by atoms with Crippen LogP contribution >= 0.6 is 0 Å². The van der Waals surface area contributed by atoms with Gasteiger partial charge in [-0.05, 0) is 93.0 Å². The molecule has 5 aromatic carbocycles. The minimum Gasteiger partial charge on any atom is -0.272 e. The summed E-state index contributed by atoms with van der Waals surface area (Å²) in [5.41, 5.74) is 0.417. The van der Waals surface area contributed by atoms with Crippen LogP contribution in [0.1, 0.15) is 234 Å². The fraction of sp³-hybridized carbons (Fsp3) is 0.517. The van der Waals surface area contributed by atoms with Crippen molar-refractivity contribution in [2.75, 3.05) is 0 Å². The number of amides is 4. The van der Waals surface area contributed by atoms with Gasteiger partial charge in [0, 0.05) is 12.1 Å². The van der Waals surface area contributed by atoms with E-state index in [-0.39, 0.29) is 55.5 Å². The van der Waals surface area contributed by atoms with E-state index in [1.165, 1.54) is 9.80 Å². The predicted octanol–water partition coefficient (Wildman–Crippen LogP) is 16.0. The van der Waals surface area contributed by atoms with E-state index in [2.05, 4.69) is 49.5 Å². The van der Waals surface area contributed by atoms with Gasteiger partial charge in [0.2, 0.25) is 11.4 Å². The van der Waals surface area contributed by atoms with Crippen molar-refractivity contribution in [3.63, 3.8) is 0 Å². The first-order valence-corrected chi connectivity index (χ1v) is 25.8. The van der Waals surface area contributed by atoms with E-state index >= 15 is 19.2 Å². The van der Waals surface area contributed by atoms with E-state index in [1.807, 2.05) is 0 Å². The van der Waals surface area contributed by atoms with E-state index < -0.39 is 35.7 Å². The quantitative estimate of drug-likeness (QED) is 0.0178. The molecule has 0 fully saturated rings. The van der Waals surface area contributed by atoms with Crippen molar-refractivity contribution in [3.8, 4) is 12.1 Å². The van der Waals surface area contributed by atoms with Crippen LogP contribution in [-0.2, 0) is 0 Å². The molecule has 2 aliphatic heterocycles. The minimum atomic E-state index is -0.553. The van der Waals surface area contributed by atoms with Crippen molar-refractivity contribution < 1.29 is 19.2 Å². The molecule has 10 heteroatoms. The Morgan fingerprint density at radius 1 is 0.426 bits per heavy atom. The van der Waals surface area contributed by atoms with E-state index in [4.69, 9.17) is 13.1 Å². The second kappa shape index (κ2) is 22.6. The highest BCUT2D eigenvalue weighted by Crippen LogP contribution is 2.52. The molecule has 0 aliphatic carbocycles. The fourth-order valence-corrected chi connectivity index (χ4v) is 11.4. The number of carbonyl (C=O) groups excluding carboxylic acids is 4. The van der Waals surface area contributed by atoms with Crippen LogP contribution in [0, 0.1) is 35.8 Å². The molecular formula is C58H66N6O4. The van der Waals surface area contributed by atoms with Crippen LogP contribution in [0.15, 0.2) is 24.3 Å². The number of carbonyl (C=O) groups is 4. The Bertz CT molecular complexity index is 2540. The minimum absolute atomic E-state index is 0.0203. The van der Waals surface area contributed by atoms with Gasteiger partial charge < -0.3 is 0 Å². The van der Waals surface area contributed by atoms with Crippen LogP contribution in [0.2, 0.25) is 0 Å². The molecule has 5 aromatic rings. The van der Waals surface area contributed by atoms with Crippen molar-refractivity contribution >= 4 is 78.1 Å². The molecule has 2 heterocycles. The molecule has 0 unspecified atom stereocenters. The zero-order chi connectivity index (χ0) is 48.5. The van der Waals surface area contributed by atoms with Crippen molar-refractivity contribution in [3.05, 3.63) is 80.5 Å². The Morgan fingerprint density at radius 2 is 0.706 bits per heavy atom. The maximum absolute atomic E-state index is 15.1. The maximum atomic E-state index is 15.1. The third-order valence-electron chi connectivity index (χ3n) is 14.9. The second-order valence-corrected chi connectivity index (χ2v) is 19.4. The van der Waals surface area contributed by atoms with Crippen LogP contribution in [0.4, 0.5) is 11.4 Å². The molecule has 68 heavy (non-hydrogen) atoms. The molecule has 0 bridgehead atoms. The van der Waals surface area contributed by atoms with Gasteiger partial charge in [-0.15, -0.1) is 0 Å². The highest BCUT2D eigenvalue weighted by Gasteiger charge is 2.44. The first-order valence-electron chi connectivity index (χ1n) is 25.8. The van der Waals surface area contributed by atoms with Crippen LogP contribution in [0.3, 0.4) is 0 Å². The summed E-state index contributed by atoms with van der Waals surface area (Å²) in [4.78, 5) is 70.9. The Kier molecular flexibility index (Phi) is 16.5. The molecule has 0 N–H and O–H groups in total. The van der Waals surface area contributed by atoms with E-state index in [9.17, 15) is 10.5 Å². The third-order valence-corrected chi connectivity index (χ3v) is 14.9. The number of hydrogen-bond acceptors (Lipinski definition) is 6. The highest BCUT2D eigenvalue weighted by atomic mass is 16.2. The lowest BCUT2D eigenvalue weighted by Crippen LogP contribution is -2.47. The average Bonchev–Trinajstić information content (AvgIpc) is 3.34. The molecule has 7 rings (SSSR count). The number of hydrogen-bond donors (Lipinski definition) is 0. The van der Waals surface area contributed by atoms with Gasteiger partial charge in [0.05, 0.1) is 46.5 Å². The summed E-state index contributed by atoms with van der Waals surface area (Å²) in [6.45, 7) is 25.6. The van der Waals surface area contributed by atoms with Gasteiger partial charge in [0.1, 0.15) is 12.1 Å². The summed E-state index contributed by atoms with van der Waals surface area (Å²) >= 11 is 0. The van der Waals surface area contributed by atoms with Gasteiger partial charge in [-0.25, -0.2) is 9.69 Å². The van der Waals surface area contributed by atoms with Crippen molar-refractivity contribution in [1.82, 2.24) is 9.80 Å². The Hall–Kier alpha value is -6.36. The maximum Gasteiger partial charge on any atom is 0.262 e. The van der Waals surface area contributed by atoms with E-state index in [1.54, 1.807) is 24.3 Å². The summed E-state index contributed by atoms with van der Waals surface area (Å²) in [6, 6.07) is 10.3. The van der Waals surface area contributed by atoms with Gasteiger partial charge in [0.25, 0.3) is 23.6 Å². The largest absolute Gasteiger partial charge is 0.272 e. The topological polar surface area (TPSA) is 131 Å². The van der Waals surface area contributed by atoms with Gasteiger partial charge in [-0.1, -0.05) is 156 Å². The Morgan fingerprint density at radius 3 is 0.985 bits per heavy atom. The Labute approximate surface area is 402 Å². The van der Waals surface area contributed by atoms with Crippen LogP contribution in [0.5, 0.6) is 0 Å². The van der Waals surface area contributed by atoms with Gasteiger partial charge in [-0.2, -0.15) is 10.5 Å². The number of nitriles is 2. The zero-order valence-corrected chi connectivity index (χ0v) is 40.8. The standard InChI is InChI=1S/C58H66N6O4/c1-7-11-15-19-23-27-39(28-24-20-16-12-8-2)63-55(65)47-37(35-59)31-41-42-32-38(36-60)48-54-50(42)44(43-33-45(61-5)51(57(63)67)53(47)49(41)43)34-46(62-6)52(54)58(68)64(56(48)66)40(29-25-21-17-13-9-3)30-26-22-18-14-10-4/h31-34,39-40H,7-30H2,1-4H3. The summed E-state index contributed by atoms with van der Waals surface area (Å²) in [5, 5.41) is 25.1. The molecule has 352 valence electrons. The van der Waals surface area contributed by atoms with Gasteiger partial charge in [-0.3, -0.25) is 29.0 Å². The number of nitrogens with zero attached hydrogens (tertiary/aromatic N) is 6. The zero-order valence-electron chi connectivity index (χ0n) is 40.8. The Balaban J connectivity index is 1.44. The monoisotopic (exact) mass is 911 g/mol. The fourth-order valence-electron chi connectivity index (χ4n) is 11.4. The highest BCUT2D eigenvalue weighted by molar-refractivity contribution is 6.43. The summed E-state index contributed by atoms with van der Waals surface area (Å²) in [5.74, 6) is -2.21. The first-order chi connectivity index (χ1) is 33.2. The molecule has 0 spiro atoms. The lowest BCUT2D eigenvalue weighted by Gasteiger charge is -2.36. The third kappa shape index (κ3) is 9.16. The molecule has 0 saturated heterocycles. The van der Waals surface area contributed by atoms with Crippen LogP contribution in [0.25, 0.3) is 52.8 Å². The van der Waals surface area contributed by atoms with Crippen LogP contribution in [-0.4, -0.2) is 45.5 Å². The summed E-state index contributed by atoms with van der Waals surface area (Å²) in [7, 11) is 0. The molecule has 2 aliphatic rings. The summed E-state index contributed by atoms with van der Waals surface area (Å²) in [6.07, 6.45) is 22.9. The number of benzene rings is 5. The number of fused-ring (bicyclic) bond motifs is 2. The average molecular weight is 911 g/mol. The van der Waals surface area contributed by atoms with Gasteiger partial charge in [0.15, 0.2) is 0 Å². The van der Waals surface area contributed by atoms with Crippen molar-refractivity contribution in [2.24, 2.45) is 0 Å². The second-order valence-electron chi connectivity index (χ2n) is 19.4. The van der Waals surface area contributed by atoms with Crippen LogP contribution < -0.4 is 0 Å². The van der Waals surface area contributed by atoms with E-state index in [0.29, 0.717) is 58.0 Å². The first kappa shape index (κ1) is 49.5. The predicted molar refractivity (Wildman–Crippen MR) is 272 cm³/mol. The molecule has 0 aromatic heterocycles. The molecule has 10 nitrogen and oxygen atoms in total. The lowest BCUT2D eigenvalue weighted by atomic mass is 9.78. The number of unbranched alkanes of at least 4 members (excludes halogenated alkanes) is 16. The molecule has 0 radical (unpaired) electrons. The normalized spacial score (nSPS) is 13.5. The van der Waals surface area contributed by atoms with Crippen molar-refractivity contribution in [1.29, 1.82) is 10.5 Å². The molecule has 0 atom stereocenters. The number of rotatable bonds is 26. The molecule has 0 saturated carbocycles. The van der Waals surface area contributed by atoms with Gasteiger partial charge >= 0.3 is 0 Å².